The Labute approximate surface area is 171 Å². The number of nitrogens with one attached hydrogen (secondary N) is 2. The average Bonchev–Trinajstić information content (AvgIpc) is 3.07. The number of carbonyl (C=O) groups excluding carboxylic acids is 1. The van der Waals surface area contributed by atoms with Gasteiger partial charge in [0.2, 0.25) is 0 Å². The summed E-state index contributed by atoms with van der Waals surface area (Å²) in [6, 6.07) is 6.55. The molecule has 2 amide bonds. The van der Waals surface area contributed by atoms with Crippen molar-refractivity contribution in [1.29, 1.82) is 0 Å². The highest BCUT2D eigenvalue weighted by molar-refractivity contribution is 6.76. The molecule has 0 aliphatic carbocycles. The highest BCUT2D eigenvalue weighted by Gasteiger charge is 2.12. The third-order valence-electron chi connectivity index (χ3n) is 4.35. The Morgan fingerprint density at radius 1 is 1.24 bits per heavy atom. The van der Waals surface area contributed by atoms with Gasteiger partial charge in [-0.3, -0.25) is 10.3 Å². The first-order valence-corrected chi connectivity index (χ1v) is 13.4. The van der Waals surface area contributed by atoms with Crippen LogP contribution in [0.1, 0.15) is 5.56 Å². The van der Waals surface area contributed by atoms with Crippen LogP contribution in [-0.4, -0.2) is 46.8 Å². The van der Waals surface area contributed by atoms with Gasteiger partial charge < -0.3 is 14.6 Å². The monoisotopic (exact) mass is 412 g/mol. The van der Waals surface area contributed by atoms with E-state index in [2.05, 4.69) is 45.2 Å². The number of urea groups is 1. The van der Waals surface area contributed by atoms with Gasteiger partial charge in [0, 0.05) is 39.8 Å². The summed E-state index contributed by atoms with van der Waals surface area (Å²) in [4.78, 5) is 25.0. The van der Waals surface area contributed by atoms with Crippen LogP contribution in [0.25, 0.3) is 11.2 Å². The lowest BCUT2D eigenvalue weighted by Gasteiger charge is -2.15. The summed E-state index contributed by atoms with van der Waals surface area (Å²) in [5.74, 6) is 0.411. The number of nitrogens with zero attached hydrogens (tertiary/aromatic N) is 4. The number of rotatable bonds is 9. The first kappa shape index (κ1) is 20.9. The maximum absolute atomic E-state index is 12.1. The molecule has 3 aromatic rings. The van der Waals surface area contributed by atoms with Crippen LogP contribution in [0.15, 0.2) is 43.0 Å². The molecule has 0 saturated heterocycles. The first-order valence-electron chi connectivity index (χ1n) is 9.74. The van der Waals surface area contributed by atoms with Gasteiger partial charge in [0.25, 0.3) is 0 Å². The molecule has 0 atom stereocenters. The van der Waals surface area contributed by atoms with Gasteiger partial charge in [0.15, 0.2) is 11.5 Å². The zero-order valence-electron chi connectivity index (χ0n) is 17.2. The SMILES string of the molecule is C[Si](C)(C)CCOCn1ccc2nc(NC(=O)NCCc3cccnc3)cnc21. The number of hydrogen-bond donors (Lipinski definition) is 2. The molecule has 3 aromatic heterocycles. The van der Waals surface area contributed by atoms with Gasteiger partial charge >= 0.3 is 6.03 Å². The fourth-order valence-electron chi connectivity index (χ4n) is 2.69. The molecule has 0 radical (unpaired) electrons. The zero-order chi connectivity index (χ0) is 20.7. The third kappa shape index (κ3) is 6.65. The Balaban J connectivity index is 1.49. The second kappa shape index (κ2) is 9.62. The summed E-state index contributed by atoms with van der Waals surface area (Å²) >= 11 is 0. The van der Waals surface area contributed by atoms with Crippen LogP contribution in [0.3, 0.4) is 0 Å². The van der Waals surface area contributed by atoms with Gasteiger partial charge in [-0.1, -0.05) is 25.7 Å². The van der Waals surface area contributed by atoms with Crippen molar-refractivity contribution in [3.8, 4) is 0 Å². The van der Waals surface area contributed by atoms with E-state index in [1.165, 1.54) is 0 Å². The Morgan fingerprint density at radius 3 is 2.86 bits per heavy atom. The zero-order valence-corrected chi connectivity index (χ0v) is 18.2. The third-order valence-corrected chi connectivity index (χ3v) is 6.06. The molecule has 0 fully saturated rings. The molecule has 0 aliphatic rings. The summed E-state index contributed by atoms with van der Waals surface area (Å²) in [7, 11) is -1.10. The number of hydrogen-bond acceptors (Lipinski definition) is 5. The van der Waals surface area contributed by atoms with Gasteiger partial charge in [-0.05, 0) is 30.2 Å². The molecule has 0 saturated carbocycles. The van der Waals surface area contributed by atoms with E-state index in [0.717, 1.165) is 23.9 Å². The van der Waals surface area contributed by atoms with E-state index in [0.29, 0.717) is 31.0 Å². The van der Waals surface area contributed by atoms with Crippen LogP contribution in [0.5, 0.6) is 0 Å². The lowest BCUT2D eigenvalue weighted by Crippen LogP contribution is -2.30. The molecule has 0 aromatic carbocycles. The smallest absolute Gasteiger partial charge is 0.320 e. The van der Waals surface area contributed by atoms with Crippen LogP contribution in [0.4, 0.5) is 10.6 Å². The molecule has 0 bridgehead atoms. The Kier molecular flexibility index (Phi) is 6.94. The summed E-state index contributed by atoms with van der Waals surface area (Å²) in [5, 5.41) is 5.54. The molecule has 0 spiro atoms. The van der Waals surface area contributed by atoms with Crippen molar-refractivity contribution in [2.45, 2.75) is 38.8 Å². The van der Waals surface area contributed by atoms with Crippen molar-refractivity contribution in [2.75, 3.05) is 18.5 Å². The molecule has 0 unspecified atom stereocenters. The van der Waals surface area contributed by atoms with Crippen molar-refractivity contribution in [1.82, 2.24) is 24.8 Å². The minimum absolute atomic E-state index is 0.309. The molecule has 0 aliphatic heterocycles. The highest BCUT2D eigenvalue weighted by Crippen LogP contribution is 2.14. The predicted molar refractivity (Wildman–Crippen MR) is 117 cm³/mol. The summed E-state index contributed by atoms with van der Waals surface area (Å²) in [6.45, 7) is 8.70. The van der Waals surface area contributed by atoms with Crippen LogP contribution in [0.2, 0.25) is 25.7 Å². The Morgan fingerprint density at radius 2 is 2.10 bits per heavy atom. The van der Waals surface area contributed by atoms with Gasteiger partial charge in [-0.15, -0.1) is 0 Å². The Hall–Kier alpha value is -2.78. The van der Waals surface area contributed by atoms with Gasteiger partial charge in [-0.2, -0.15) is 0 Å². The van der Waals surface area contributed by atoms with Crippen LogP contribution in [0, 0.1) is 0 Å². The molecular weight excluding hydrogens is 384 g/mol. The van der Waals surface area contributed by atoms with E-state index in [-0.39, 0.29) is 6.03 Å². The Bertz CT molecular complexity index is 939. The molecule has 3 rings (SSSR count). The lowest BCUT2D eigenvalue weighted by molar-refractivity contribution is 0.0899. The minimum Gasteiger partial charge on any atom is -0.361 e. The summed E-state index contributed by atoms with van der Waals surface area (Å²) in [5.41, 5.74) is 2.52. The van der Waals surface area contributed by atoms with Crippen molar-refractivity contribution < 1.29 is 9.53 Å². The normalized spacial score (nSPS) is 11.6. The molecule has 2 N–H and O–H groups in total. The average molecular weight is 413 g/mol. The number of pyridine rings is 1. The van der Waals surface area contributed by atoms with Crippen molar-refractivity contribution in [3.63, 3.8) is 0 Å². The fourth-order valence-corrected chi connectivity index (χ4v) is 3.45. The minimum atomic E-state index is -1.10. The van der Waals surface area contributed by atoms with E-state index in [9.17, 15) is 4.79 Å². The predicted octanol–water partition coefficient (Wildman–Crippen LogP) is 3.50. The molecular formula is C20H28N6O2Si. The summed E-state index contributed by atoms with van der Waals surface area (Å²) < 4.78 is 7.70. The van der Waals surface area contributed by atoms with Crippen molar-refractivity contribution >= 4 is 31.1 Å². The maximum Gasteiger partial charge on any atom is 0.320 e. The van der Waals surface area contributed by atoms with Crippen molar-refractivity contribution in [3.05, 3.63) is 48.5 Å². The van der Waals surface area contributed by atoms with Gasteiger partial charge in [0.05, 0.1) is 6.20 Å². The molecule has 8 nitrogen and oxygen atoms in total. The number of carbonyl (C=O) groups is 1. The number of ether oxygens (including phenoxy) is 1. The van der Waals surface area contributed by atoms with Crippen LogP contribution < -0.4 is 10.6 Å². The van der Waals surface area contributed by atoms with Gasteiger partial charge in [0.1, 0.15) is 12.2 Å². The van der Waals surface area contributed by atoms with E-state index < -0.39 is 8.07 Å². The van der Waals surface area contributed by atoms with E-state index in [4.69, 9.17) is 4.74 Å². The second-order valence-corrected chi connectivity index (χ2v) is 13.7. The number of aromatic nitrogens is 4. The quantitative estimate of drug-likeness (QED) is 0.414. The van der Waals surface area contributed by atoms with E-state index in [1.807, 2.05) is 29.0 Å². The topological polar surface area (TPSA) is 94.0 Å². The standard InChI is InChI=1S/C20H28N6O2Si/c1-29(2,3)12-11-28-15-26-10-7-17-19(26)23-14-18(24-17)25-20(27)22-9-6-16-5-4-8-21-13-16/h4-5,7-8,10,13-14H,6,9,11-12,15H2,1-3H3,(H2,22,24,25,27). The molecule has 154 valence electrons. The maximum atomic E-state index is 12.1. The number of anilines is 1. The number of amides is 2. The molecule has 29 heavy (non-hydrogen) atoms. The lowest BCUT2D eigenvalue weighted by atomic mass is 10.2. The van der Waals surface area contributed by atoms with Crippen LogP contribution >= 0.6 is 0 Å². The number of fused-ring (bicyclic) bond motifs is 1. The fraction of sp³-hybridized carbons (Fsp3) is 0.400. The van der Waals surface area contributed by atoms with E-state index in [1.54, 1.807) is 18.6 Å². The second-order valence-electron chi connectivity index (χ2n) is 8.09. The molecule has 3 heterocycles. The van der Waals surface area contributed by atoms with Crippen molar-refractivity contribution in [2.24, 2.45) is 0 Å². The van der Waals surface area contributed by atoms with Gasteiger partial charge in [-0.25, -0.2) is 14.8 Å². The van der Waals surface area contributed by atoms with Crippen LogP contribution in [-0.2, 0) is 17.9 Å². The molecule has 9 heteroatoms. The first-order chi connectivity index (χ1) is 13.9. The van der Waals surface area contributed by atoms with E-state index >= 15 is 0 Å². The largest absolute Gasteiger partial charge is 0.361 e. The summed E-state index contributed by atoms with van der Waals surface area (Å²) in [6.07, 6.45) is 7.69. The highest BCUT2D eigenvalue weighted by atomic mass is 28.3.